The molecular weight excluding hydrogens is 132 g/mol. The fraction of sp³-hybridized carbons (Fsp3) is 0.857. The van der Waals surface area contributed by atoms with Gasteiger partial charge in [0, 0.05) is 6.42 Å². The quantitative estimate of drug-likeness (QED) is 0.597. The van der Waals surface area contributed by atoms with Crippen LogP contribution >= 0.6 is 11.8 Å². The van der Waals surface area contributed by atoms with Gasteiger partial charge in [-0.25, -0.2) is 0 Å². The number of thioether (sulfide) groups is 1. The smallest absolute Gasteiger partial charge is 0.143 e. The molecule has 0 bridgehead atoms. The molecule has 52 valence electrons. The van der Waals surface area contributed by atoms with Crippen LogP contribution in [0.25, 0.3) is 0 Å². The predicted molar refractivity (Wildman–Crippen MR) is 40.7 cm³/mol. The minimum atomic E-state index is 0.435. The molecule has 1 fully saturated rings. The van der Waals surface area contributed by atoms with Crippen molar-refractivity contribution in [2.75, 3.05) is 12.0 Å². The number of hydrogen-bond acceptors (Lipinski definition) is 2. The maximum absolute atomic E-state index is 10.9. The lowest BCUT2D eigenvalue weighted by atomic mass is 10.2. The van der Waals surface area contributed by atoms with Crippen LogP contribution in [0.5, 0.6) is 0 Å². The summed E-state index contributed by atoms with van der Waals surface area (Å²) >= 11 is 1.63. The van der Waals surface area contributed by atoms with Crippen LogP contribution in [-0.4, -0.2) is 17.8 Å². The zero-order valence-electron chi connectivity index (χ0n) is 5.72. The van der Waals surface area contributed by atoms with Gasteiger partial charge in [-0.2, -0.15) is 11.8 Å². The van der Waals surface area contributed by atoms with Gasteiger partial charge in [-0.1, -0.05) is 0 Å². The molecule has 0 aromatic rings. The highest BCUT2D eigenvalue weighted by atomic mass is 32.2. The van der Waals surface area contributed by atoms with E-state index in [9.17, 15) is 4.79 Å². The fourth-order valence-corrected chi connectivity index (χ4v) is 1.30. The van der Waals surface area contributed by atoms with Crippen LogP contribution in [0, 0.1) is 5.92 Å². The molecular formula is C7H12OS. The van der Waals surface area contributed by atoms with Crippen molar-refractivity contribution in [2.24, 2.45) is 5.92 Å². The zero-order chi connectivity index (χ0) is 6.69. The van der Waals surface area contributed by atoms with Gasteiger partial charge in [-0.3, -0.25) is 4.79 Å². The predicted octanol–water partition coefficient (Wildman–Crippen LogP) is 1.72. The third-order valence-corrected chi connectivity index (χ3v) is 2.13. The normalized spacial score (nSPS) is 17.9. The molecule has 9 heavy (non-hydrogen) atoms. The topological polar surface area (TPSA) is 17.1 Å². The summed E-state index contributed by atoms with van der Waals surface area (Å²) in [4.78, 5) is 10.9. The highest BCUT2D eigenvalue weighted by Gasteiger charge is 2.23. The van der Waals surface area contributed by atoms with Crippen molar-refractivity contribution in [3.05, 3.63) is 0 Å². The number of Topliss-reactive ketones (excluding diaryl/α,β-unsaturated/α-hetero) is 1. The number of carbonyl (C=O) groups is 1. The molecule has 0 heterocycles. The first-order chi connectivity index (χ1) is 4.33. The Hall–Kier alpha value is 0.0200. The maximum Gasteiger partial charge on any atom is 0.143 e. The number of ketones is 1. The molecule has 1 nitrogen and oxygen atoms in total. The second-order valence-electron chi connectivity index (χ2n) is 2.62. The largest absolute Gasteiger partial charge is 0.299 e. The Morgan fingerprint density at radius 2 is 2.33 bits per heavy atom. The Balaban J connectivity index is 2.02. The molecule has 1 aliphatic carbocycles. The van der Waals surface area contributed by atoms with Crippen LogP contribution in [0.2, 0.25) is 0 Å². The van der Waals surface area contributed by atoms with E-state index in [1.54, 1.807) is 11.8 Å². The Morgan fingerprint density at radius 1 is 1.67 bits per heavy atom. The Bertz CT molecular complexity index is 107. The van der Waals surface area contributed by atoms with Crippen molar-refractivity contribution >= 4 is 17.5 Å². The molecule has 0 saturated heterocycles. The SMILES string of the molecule is CSCC(=O)CC1CC1. The molecule has 0 unspecified atom stereocenters. The summed E-state index contributed by atoms with van der Waals surface area (Å²) in [6, 6.07) is 0. The molecule has 0 radical (unpaired) electrons. The number of hydrogen-bond donors (Lipinski definition) is 0. The number of carbonyl (C=O) groups excluding carboxylic acids is 1. The van der Waals surface area contributed by atoms with Gasteiger partial charge in [0.05, 0.1) is 5.75 Å². The Labute approximate surface area is 60.2 Å². The van der Waals surface area contributed by atoms with Gasteiger partial charge in [0.2, 0.25) is 0 Å². The molecule has 0 spiro atoms. The summed E-state index contributed by atoms with van der Waals surface area (Å²) in [5.74, 6) is 1.92. The van der Waals surface area contributed by atoms with E-state index in [4.69, 9.17) is 0 Å². The molecule has 1 rings (SSSR count). The van der Waals surface area contributed by atoms with Crippen LogP contribution < -0.4 is 0 Å². The lowest BCUT2D eigenvalue weighted by Gasteiger charge is -1.92. The van der Waals surface area contributed by atoms with E-state index in [1.807, 2.05) is 6.26 Å². The van der Waals surface area contributed by atoms with E-state index in [0.29, 0.717) is 5.78 Å². The Morgan fingerprint density at radius 3 is 2.78 bits per heavy atom. The van der Waals surface area contributed by atoms with Gasteiger partial charge in [0.25, 0.3) is 0 Å². The first-order valence-corrected chi connectivity index (χ1v) is 4.73. The summed E-state index contributed by atoms with van der Waals surface area (Å²) < 4.78 is 0. The van der Waals surface area contributed by atoms with Crippen molar-refractivity contribution in [3.8, 4) is 0 Å². The third kappa shape index (κ3) is 2.89. The fourth-order valence-electron chi connectivity index (χ4n) is 0.864. The van der Waals surface area contributed by atoms with E-state index in [1.165, 1.54) is 12.8 Å². The van der Waals surface area contributed by atoms with Crippen molar-refractivity contribution < 1.29 is 4.79 Å². The minimum absolute atomic E-state index is 0.435. The van der Waals surface area contributed by atoms with E-state index in [-0.39, 0.29) is 0 Å². The summed E-state index contributed by atoms with van der Waals surface area (Å²) in [5, 5.41) is 0. The monoisotopic (exact) mass is 144 g/mol. The van der Waals surface area contributed by atoms with Crippen LogP contribution in [0.4, 0.5) is 0 Å². The average Bonchev–Trinajstić information content (AvgIpc) is 2.50. The lowest BCUT2D eigenvalue weighted by Crippen LogP contribution is -2.00. The molecule has 2 heteroatoms. The standard InChI is InChI=1S/C7H12OS/c1-9-5-7(8)4-6-2-3-6/h6H,2-5H2,1H3. The average molecular weight is 144 g/mol. The molecule has 0 atom stereocenters. The van der Waals surface area contributed by atoms with E-state index >= 15 is 0 Å². The lowest BCUT2D eigenvalue weighted by molar-refractivity contribution is -0.116. The van der Waals surface area contributed by atoms with E-state index < -0.39 is 0 Å². The molecule has 0 aliphatic heterocycles. The molecule has 1 saturated carbocycles. The van der Waals surface area contributed by atoms with Crippen LogP contribution in [0.3, 0.4) is 0 Å². The zero-order valence-corrected chi connectivity index (χ0v) is 6.54. The second kappa shape index (κ2) is 3.25. The molecule has 0 aromatic heterocycles. The first-order valence-electron chi connectivity index (χ1n) is 3.33. The first kappa shape index (κ1) is 7.13. The molecule has 0 amide bonds. The molecule has 0 N–H and O–H groups in total. The highest BCUT2D eigenvalue weighted by Crippen LogP contribution is 2.32. The van der Waals surface area contributed by atoms with Crippen LogP contribution in [0.1, 0.15) is 19.3 Å². The van der Waals surface area contributed by atoms with Crippen molar-refractivity contribution in [1.82, 2.24) is 0 Å². The maximum atomic E-state index is 10.9. The summed E-state index contributed by atoms with van der Waals surface area (Å²) in [6.07, 6.45) is 5.41. The van der Waals surface area contributed by atoms with Crippen LogP contribution in [-0.2, 0) is 4.79 Å². The second-order valence-corrected chi connectivity index (χ2v) is 3.49. The molecule has 1 aliphatic rings. The summed E-state index contributed by atoms with van der Waals surface area (Å²) in [6.45, 7) is 0. The number of rotatable bonds is 4. The van der Waals surface area contributed by atoms with Crippen molar-refractivity contribution in [3.63, 3.8) is 0 Å². The van der Waals surface area contributed by atoms with Crippen LogP contribution in [0.15, 0.2) is 0 Å². The van der Waals surface area contributed by atoms with Gasteiger partial charge >= 0.3 is 0 Å². The Kier molecular flexibility index (Phi) is 2.58. The third-order valence-electron chi connectivity index (χ3n) is 1.52. The van der Waals surface area contributed by atoms with Gasteiger partial charge < -0.3 is 0 Å². The van der Waals surface area contributed by atoms with E-state index in [0.717, 1.165) is 18.1 Å². The molecule has 0 aromatic carbocycles. The van der Waals surface area contributed by atoms with E-state index in [2.05, 4.69) is 0 Å². The highest BCUT2D eigenvalue weighted by molar-refractivity contribution is 7.99. The van der Waals surface area contributed by atoms with Crippen molar-refractivity contribution in [2.45, 2.75) is 19.3 Å². The van der Waals surface area contributed by atoms with Gasteiger partial charge in [-0.15, -0.1) is 0 Å². The minimum Gasteiger partial charge on any atom is -0.299 e. The van der Waals surface area contributed by atoms with Gasteiger partial charge in [0.1, 0.15) is 5.78 Å². The van der Waals surface area contributed by atoms with Gasteiger partial charge in [0.15, 0.2) is 0 Å². The summed E-state index contributed by atoms with van der Waals surface area (Å²) in [5.41, 5.74) is 0. The van der Waals surface area contributed by atoms with Gasteiger partial charge in [-0.05, 0) is 25.0 Å². The van der Waals surface area contributed by atoms with Crippen molar-refractivity contribution in [1.29, 1.82) is 0 Å². The summed E-state index contributed by atoms with van der Waals surface area (Å²) in [7, 11) is 0.